The summed E-state index contributed by atoms with van der Waals surface area (Å²) in [4.78, 5) is 28.8. The molecule has 2 aromatic heterocycles. The number of urea groups is 1. The Morgan fingerprint density at radius 1 is 1.21 bits per heavy atom. The highest BCUT2D eigenvalue weighted by atomic mass is 32.2. The van der Waals surface area contributed by atoms with Crippen LogP contribution >= 0.6 is 11.8 Å². The number of nitrogens with zero attached hydrogens (tertiary/aromatic N) is 2. The van der Waals surface area contributed by atoms with Crippen LogP contribution in [-0.4, -0.2) is 34.9 Å². The lowest BCUT2D eigenvalue weighted by atomic mass is 9.92. The maximum absolute atomic E-state index is 12.5. The van der Waals surface area contributed by atoms with E-state index in [1.54, 1.807) is 30.3 Å². The van der Waals surface area contributed by atoms with Gasteiger partial charge < -0.3 is 24.6 Å². The van der Waals surface area contributed by atoms with Crippen molar-refractivity contribution in [3.63, 3.8) is 0 Å². The van der Waals surface area contributed by atoms with Crippen LogP contribution in [0.25, 0.3) is 0 Å². The number of fused-ring (bicyclic) bond motifs is 1. The number of carbonyl (C=O) groups is 2. The molecule has 172 valence electrons. The van der Waals surface area contributed by atoms with Crippen LogP contribution in [0.15, 0.2) is 45.9 Å². The van der Waals surface area contributed by atoms with Crippen LogP contribution in [0.3, 0.4) is 0 Å². The third-order valence-corrected chi connectivity index (χ3v) is 5.42. The zero-order valence-electron chi connectivity index (χ0n) is 18.5. The maximum atomic E-state index is 12.5. The van der Waals surface area contributed by atoms with Crippen LogP contribution in [0.5, 0.6) is 17.2 Å². The monoisotopic (exact) mass is 469 g/mol. The lowest BCUT2D eigenvalue weighted by Gasteiger charge is -2.19. The molecule has 1 aliphatic rings. The van der Waals surface area contributed by atoms with Gasteiger partial charge in [0.1, 0.15) is 5.75 Å². The van der Waals surface area contributed by atoms with Gasteiger partial charge in [0.15, 0.2) is 18.2 Å². The minimum absolute atomic E-state index is 0.106. The van der Waals surface area contributed by atoms with E-state index in [9.17, 15) is 9.59 Å². The van der Waals surface area contributed by atoms with Crippen LogP contribution in [0.2, 0.25) is 0 Å². The number of benzene rings is 1. The van der Waals surface area contributed by atoms with Crippen LogP contribution in [0, 0.1) is 0 Å². The minimum Gasteiger partial charge on any atom is -0.476 e. The molecule has 0 spiro atoms. The van der Waals surface area contributed by atoms with Crippen molar-refractivity contribution in [2.24, 2.45) is 0 Å². The van der Waals surface area contributed by atoms with Crippen LogP contribution in [-0.2, 0) is 10.2 Å². The maximum Gasteiger partial charge on any atom is 0.326 e. The minimum atomic E-state index is -0.456. The van der Waals surface area contributed by atoms with E-state index in [1.165, 1.54) is 18.0 Å². The summed E-state index contributed by atoms with van der Waals surface area (Å²) >= 11 is 1.45. The quantitative estimate of drug-likeness (QED) is 0.452. The number of pyridine rings is 1. The zero-order chi connectivity index (χ0) is 23.6. The predicted octanol–water partition coefficient (Wildman–Crippen LogP) is 4.86. The molecular formula is C22H23N5O5S. The highest BCUT2D eigenvalue weighted by molar-refractivity contribution is 7.98. The summed E-state index contributed by atoms with van der Waals surface area (Å²) in [5, 5.41) is 12.1. The Kier molecular flexibility index (Phi) is 6.14. The Hall–Kier alpha value is -3.73. The van der Waals surface area contributed by atoms with Crippen molar-refractivity contribution in [1.29, 1.82) is 0 Å². The highest BCUT2D eigenvalue weighted by Crippen LogP contribution is 2.39. The van der Waals surface area contributed by atoms with Gasteiger partial charge in [0.05, 0.1) is 11.4 Å². The van der Waals surface area contributed by atoms with E-state index in [0.717, 1.165) is 10.6 Å². The summed E-state index contributed by atoms with van der Waals surface area (Å²) in [7, 11) is 0. The van der Waals surface area contributed by atoms with E-state index in [2.05, 4.69) is 26.1 Å². The van der Waals surface area contributed by atoms with E-state index in [0.29, 0.717) is 28.8 Å². The lowest BCUT2D eigenvalue weighted by Crippen LogP contribution is -2.26. The first kappa shape index (κ1) is 22.5. The number of hydrogen-bond acceptors (Lipinski definition) is 8. The number of nitrogens with one attached hydrogen (secondary N) is 3. The first-order chi connectivity index (χ1) is 15.7. The summed E-state index contributed by atoms with van der Waals surface area (Å²) in [5.74, 6) is 1.62. The number of ether oxygens (including phenoxy) is 2. The van der Waals surface area contributed by atoms with E-state index >= 15 is 0 Å². The fourth-order valence-corrected chi connectivity index (χ4v) is 3.54. The van der Waals surface area contributed by atoms with Gasteiger partial charge in [-0.1, -0.05) is 25.9 Å². The molecule has 0 saturated carbocycles. The summed E-state index contributed by atoms with van der Waals surface area (Å²) in [5.41, 5.74) is 1.15. The van der Waals surface area contributed by atoms with Gasteiger partial charge in [0.25, 0.3) is 5.91 Å². The number of anilines is 3. The smallest absolute Gasteiger partial charge is 0.326 e. The molecule has 0 aliphatic carbocycles. The second-order valence-corrected chi connectivity index (χ2v) is 9.04. The van der Waals surface area contributed by atoms with Crippen molar-refractivity contribution in [3.05, 3.63) is 42.2 Å². The largest absolute Gasteiger partial charge is 0.476 e. The normalized spacial score (nSPS) is 12.9. The van der Waals surface area contributed by atoms with Gasteiger partial charge in [0.2, 0.25) is 11.6 Å². The Labute approximate surface area is 194 Å². The van der Waals surface area contributed by atoms with Crippen molar-refractivity contribution in [3.8, 4) is 17.2 Å². The first-order valence-electron chi connectivity index (χ1n) is 10.1. The highest BCUT2D eigenvalue weighted by Gasteiger charge is 2.22. The number of amides is 3. The molecule has 3 heterocycles. The van der Waals surface area contributed by atoms with E-state index in [1.807, 2.05) is 27.0 Å². The molecule has 0 fully saturated rings. The van der Waals surface area contributed by atoms with Crippen LogP contribution in [0.4, 0.5) is 22.2 Å². The topological polar surface area (TPSA) is 128 Å². The summed E-state index contributed by atoms with van der Waals surface area (Å²) in [6.07, 6.45) is 3.41. The molecule has 3 N–H and O–H groups in total. The Balaban J connectivity index is 1.46. The zero-order valence-corrected chi connectivity index (χ0v) is 19.3. The Morgan fingerprint density at radius 2 is 2.03 bits per heavy atom. The molecule has 0 bridgehead atoms. The first-order valence-corrected chi connectivity index (χ1v) is 11.3. The molecule has 4 rings (SSSR count). The molecule has 0 radical (unpaired) electrons. The second-order valence-electron chi connectivity index (χ2n) is 8.19. The third kappa shape index (κ3) is 5.20. The van der Waals surface area contributed by atoms with Crippen LogP contribution in [0.1, 0.15) is 26.5 Å². The number of thioether (sulfide) groups is 1. The van der Waals surface area contributed by atoms with Gasteiger partial charge >= 0.3 is 6.03 Å². The number of hydrogen-bond donors (Lipinski definition) is 3. The van der Waals surface area contributed by atoms with E-state index < -0.39 is 6.03 Å². The van der Waals surface area contributed by atoms with Crippen molar-refractivity contribution in [2.75, 3.05) is 28.8 Å². The van der Waals surface area contributed by atoms with Crippen molar-refractivity contribution in [2.45, 2.75) is 31.1 Å². The van der Waals surface area contributed by atoms with Gasteiger partial charge in [-0.05, 0) is 24.5 Å². The van der Waals surface area contributed by atoms with Gasteiger partial charge in [-0.3, -0.25) is 10.1 Å². The van der Waals surface area contributed by atoms with Crippen molar-refractivity contribution in [1.82, 2.24) is 10.1 Å². The second kappa shape index (κ2) is 9.02. The average molecular weight is 470 g/mol. The average Bonchev–Trinajstić information content (AvgIpc) is 3.23. The Morgan fingerprint density at radius 3 is 2.76 bits per heavy atom. The molecule has 10 nitrogen and oxygen atoms in total. The van der Waals surface area contributed by atoms with E-state index in [4.69, 9.17) is 14.0 Å². The predicted molar refractivity (Wildman–Crippen MR) is 125 cm³/mol. The lowest BCUT2D eigenvalue weighted by molar-refractivity contribution is -0.118. The standard InChI is InChI=1S/C22H23N5O5S/c1-22(2,3)16-10-18(32-27-16)26-21(29)24-13-6-5-12(9-15(13)33-4)31-14-7-8-23-20-19(14)30-11-17(28)25-20/h5-10H,11H2,1-4H3,(H,23,25,28)(H2,24,26,29). The molecule has 1 aliphatic heterocycles. The summed E-state index contributed by atoms with van der Waals surface area (Å²) in [6, 6.07) is 8.14. The fourth-order valence-electron chi connectivity index (χ4n) is 2.96. The van der Waals surface area contributed by atoms with Crippen molar-refractivity contribution >= 4 is 41.1 Å². The molecule has 33 heavy (non-hydrogen) atoms. The molecule has 0 saturated heterocycles. The summed E-state index contributed by atoms with van der Waals surface area (Å²) < 4.78 is 16.6. The SMILES string of the molecule is CSc1cc(Oc2ccnc3c2OCC(=O)N3)ccc1NC(=O)Nc1cc(C(C)(C)C)no1. The molecular weight excluding hydrogens is 446 g/mol. The molecule has 3 aromatic rings. The molecule has 11 heteroatoms. The van der Waals surface area contributed by atoms with Gasteiger partial charge in [-0.15, -0.1) is 11.8 Å². The fraction of sp³-hybridized carbons (Fsp3) is 0.273. The molecule has 3 amide bonds. The van der Waals surface area contributed by atoms with Crippen molar-refractivity contribution < 1.29 is 23.6 Å². The molecule has 1 aromatic carbocycles. The third-order valence-electron chi connectivity index (χ3n) is 4.64. The van der Waals surface area contributed by atoms with Gasteiger partial charge in [-0.2, -0.15) is 0 Å². The molecule has 0 unspecified atom stereocenters. The van der Waals surface area contributed by atoms with Gasteiger partial charge in [0, 0.05) is 28.6 Å². The number of carbonyl (C=O) groups excluding carboxylic acids is 2. The number of aromatic nitrogens is 2. The van der Waals surface area contributed by atoms with Crippen LogP contribution < -0.4 is 25.4 Å². The van der Waals surface area contributed by atoms with E-state index in [-0.39, 0.29) is 23.8 Å². The van der Waals surface area contributed by atoms with Gasteiger partial charge in [-0.25, -0.2) is 9.78 Å². The molecule has 0 atom stereocenters. The summed E-state index contributed by atoms with van der Waals surface area (Å²) in [6.45, 7) is 5.92. The Bertz CT molecular complexity index is 1200. The number of rotatable bonds is 5.